The molecule has 2 rings (SSSR count). The maximum absolute atomic E-state index is 12.0. The van der Waals surface area contributed by atoms with Crippen LogP contribution in [0, 0.1) is 0 Å². The zero-order valence-electron chi connectivity index (χ0n) is 10.4. The first kappa shape index (κ1) is 13.3. The third kappa shape index (κ3) is 3.02. The highest BCUT2D eigenvalue weighted by atomic mass is 79.9. The van der Waals surface area contributed by atoms with Crippen molar-refractivity contribution >= 4 is 21.6 Å². The molecule has 4 nitrogen and oxygen atoms in total. The minimum atomic E-state index is -0.115. The van der Waals surface area contributed by atoms with Gasteiger partial charge in [-0.2, -0.15) is 5.10 Å². The van der Waals surface area contributed by atoms with Gasteiger partial charge in [-0.25, -0.2) is 4.68 Å². The van der Waals surface area contributed by atoms with E-state index in [-0.39, 0.29) is 5.56 Å². The first-order valence-electron chi connectivity index (χ1n) is 6.35. The van der Waals surface area contributed by atoms with Gasteiger partial charge in [0.1, 0.15) is 4.47 Å². The van der Waals surface area contributed by atoms with E-state index in [1.807, 2.05) is 0 Å². The third-order valence-electron chi connectivity index (χ3n) is 3.25. The van der Waals surface area contributed by atoms with Gasteiger partial charge in [0.2, 0.25) is 0 Å². The second-order valence-corrected chi connectivity index (χ2v) is 5.42. The van der Waals surface area contributed by atoms with Crippen LogP contribution >= 0.6 is 15.9 Å². The summed E-state index contributed by atoms with van der Waals surface area (Å²) in [5, 5.41) is 7.55. The standard InChI is InChI=1S/C13H18BrN3O/c1-2-8-17-13(18)12(14)11(9-15-17)16-10-6-4-3-5-7-10/h2,9-10,16H,1,3-8H2. The van der Waals surface area contributed by atoms with Gasteiger partial charge >= 0.3 is 0 Å². The zero-order chi connectivity index (χ0) is 13.0. The van der Waals surface area contributed by atoms with Gasteiger partial charge in [0, 0.05) is 6.04 Å². The number of nitrogens with one attached hydrogen (secondary N) is 1. The van der Waals surface area contributed by atoms with Crippen LogP contribution in [0.1, 0.15) is 32.1 Å². The Kier molecular flexibility index (Phi) is 4.58. The van der Waals surface area contributed by atoms with E-state index in [1.165, 1.54) is 36.8 Å². The van der Waals surface area contributed by atoms with Crippen molar-refractivity contribution in [2.24, 2.45) is 0 Å². The lowest BCUT2D eigenvalue weighted by molar-refractivity contribution is 0.462. The molecule has 0 radical (unpaired) electrons. The Morgan fingerprint density at radius 1 is 1.50 bits per heavy atom. The second kappa shape index (κ2) is 6.18. The van der Waals surface area contributed by atoms with E-state index in [9.17, 15) is 4.79 Å². The van der Waals surface area contributed by atoms with E-state index >= 15 is 0 Å². The fraction of sp³-hybridized carbons (Fsp3) is 0.538. The second-order valence-electron chi connectivity index (χ2n) is 4.63. The zero-order valence-corrected chi connectivity index (χ0v) is 11.9. The Labute approximate surface area is 115 Å². The molecule has 0 spiro atoms. The number of hydrogen-bond acceptors (Lipinski definition) is 3. The van der Waals surface area contributed by atoms with Gasteiger partial charge < -0.3 is 5.32 Å². The van der Waals surface area contributed by atoms with Crippen molar-refractivity contribution in [2.45, 2.75) is 44.7 Å². The van der Waals surface area contributed by atoms with Gasteiger partial charge in [0.05, 0.1) is 18.4 Å². The topological polar surface area (TPSA) is 46.9 Å². The van der Waals surface area contributed by atoms with Crippen LogP contribution in [-0.4, -0.2) is 15.8 Å². The van der Waals surface area contributed by atoms with E-state index in [0.29, 0.717) is 17.1 Å². The molecule has 1 aromatic rings. The number of anilines is 1. The summed E-state index contributed by atoms with van der Waals surface area (Å²) in [4.78, 5) is 12.0. The number of halogens is 1. The summed E-state index contributed by atoms with van der Waals surface area (Å²) in [5.41, 5.74) is 0.683. The molecule has 1 aromatic heterocycles. The molecular formula is C13H18BrN3O. The maximum Gasteiger partial charge on any atom is 0.283 e. The van der Waals surface area contributed by atoms with Crippen molar-refractivity contribution in [3.8, 4) is 0 Å². The first-order chi connectivity index (χ1) is 8.72. The molecule has 1 aliphatic rings. The van der Waals surface area contributed by atoms with Crippen molar-refractivity contribution in [1.29, 1.82) is 0 Å². The molecule has 0 aromatic carbocycles. The van der Waals surface area contributed by atoms with E-state index in [1.54, 1.807) is 12.3 Å². The molecule has 1 fully saturated rings. The lowest BCUT2D eigenvalue weighted by atomic mass is 9.95. The highest BCUT2D eigenvalue weighted by Crippen LogP contribution is 2.24. The van der Waals surface area contributed by atoms with E-state index < -0.39 is 0 Å². The van der Waals surface area contributed by atoms with Gasteiger partial charge in [-0.15, -0.1) is 6.58 Å². The van der Waals surface area contributed by atoms with Gasteiger partial charge in [-0.3, -0.25) is 4.79 Å². The van der Waals surface area contributed by atoms with Crippen LogP contribution in [-0.2, 0) is 6.54 Å². The average molecular weight is 312 g/mol. The molecule has 1 heterocycles. The predicted octanol–water partition coefficient (Wildman–Crippen LogP) is 2.94. The monoisotopic (exact) mass is 311 g/mol. The van der Waals surface area contributed by atoms with Crippen LogP contribution in [0.15, 0.2) is 28.1 Å². The van der Waals surface area contributed by atoms with Crippen molar-refractivity contribution in [1.82, 2.24) is 9.78 Å². The molecule has 98 valence electrons. The summed E-state index contributed by atoms with van der Waals surface area (Å²) in [5.74, 6) is 0. The van der Waals surface area contributed by atoms with Crippen LogP contribution in [0.2, 0.25) is 0 Å². The average Bonchev–Trinajstić information content (AvgIpc) is 2.40. The van der Waals surface area contributed by atoms with Crippen LogP contribution < -0.4 is 10.9 Å². The van der Waals surface area contributed by atoms with Crippen molar-refractivity contribution in [2.75, 3.05) is 5.32 Å². The highest BCUT2D eigenvalue weighted by Gasteiger charge is 2.16. The SMILES string of the molecule is C=CCn1ncc(NC2CCCCC2)c(Br)c1=O. The Morgan fingerprint density at radius 3 is 2.89 bits per heavy atom. The Balaban J connectivity index is 2.15. The summed E-state index contributed by atoms with van der Waals surface area (Å²) >= 11 is 3.36. The molecule has 5 heteroatoms. The minimum absolute atomic E-state index is 0.115. The normalized spacial score (nSPS) is 16.5. The third-order valence-corrected chi connectivity index (χ3v) is 4.02. The van der Waals surface area contributed by atoms with Crippen LogP contribution in [0.3, 0.4) is 0 Å². The molecule has 0 saturated heterocycles. The van der Waals surface area contributed by atoms with Gasteiger partial charge in [0.25, 0.3) is 5.56 Å². The van der Waals surface area contributed by atoms with Crippen LogP contribution in [0.25, 0.3) is 0 Å². The van der Waals surface area contributed by atoms with Crippen LogP contribution in [0.5, 0.6) is 0 Å². The molecule has 0 bridgehead atoms. The summed E-state index contributed by atoms with van der Waals surface area (Å²) in [7, 11) is 0. The van der Waals surface area contributed by atoms with Gasteiger partial charge in [0.15, 0.2) is 0 Å². The van der Waals surface area contributed by atoms with E-state index in [2.05, 4.69) is 32.9 Å². The fourth-order valence-electron chi connectivity index (χ4n) is 2.28. The Bertz CT molecular complexity index is 478. The summed E-state index contributed by atoms with van der Waals surface area (Å²) in [6.07, 6.45) is 9.55. The molecule has 1 N–H and O–H groups in total. The smallest absolute Gasteiger partial charge is 0.283 e. The van der Waals surface area contributed by atoms with Gasteiger partial charge in [-0.1, -0.05) is 25.3 Å². The quantitative estimate of drug-likeness (QED) is 0.870. The number of nitrogens with zero attached hydrogens (tertiary/aromatic N) is 2. The number of aromatic nitrogens is 2. The maximum atomic E-state index is 12.0. The minimum Gasteiger partial charge on any atom is -0.380 e. The molecule has 18 heavy (non-hydrogen) atoms. The Morgan fingerprint density at radius 2 is 2.22 bits per heavy atom. The van der Waals surface area contributed by atoms with E-state index in [4.69, 9.17) is 0 Å². The lowest BCUT2D eigenvalue weighted by Gasteiger charge is -2.24. The highest BCUT2D eigenvalue weighted by molar-refractivity contribution is 9.10. The van der Waals surface area contributed by atoms with Crippen molar-refractivity contribution < 1.29 is 0 Å². The number of rotatable bonds is 4. The number of hydrogen-bond donors (Lipinski definition) is 1. The Hall–Kier alpha value is -1.10. The molecule has 0 atom stereocenters. The molecule has 1 saturated carbocycles. The van der Waals surface area contributed by atoms with Gasteiger partial charge in [-0.05, 0) is 28.8 Å². The largest absolute Gasteiger partial charge is 0.380 e. The van der Waals surface area contributed by atoms with E-state index in [0.717, 1.165) is 5.69 Å². The van der Waals surface area contributed by atoms with Crippen LogP contribution in [0.4, 0.5) is 5.69 Å². The summed E-state index contributed by atoms with van der Waals surface area (Å²) in [6.45, 7) is 4.04. The summed E-state index contributed by atoms with van der Waals surface area (Å²) < 4.78 is 1.95. The molecule has 0 unspecified atom stereocenters. The first-order valence-corrected chi connectivity index (χ1v) is 7.14. The fourth-order valence-corrected chi connectivity index (χ4v) is 2.71. The predicted molar refractivity (Wildman–Crippen MR) is 76.9 cm³/mol. The molecule has 1 aliphatic carbocycles. The molecular weight excluding hydrogens is 294 g/mol. The molecule has 0 amide bonds. The van der Waals surface area contributed by atoms with Crippen molar-refractivity contribution in [3.05, 3.63) is 33.7 Å². The van der Waals surface area contributed by atoms with Crippen molar-refractivity contribution in [3.63, 3.8) is 0 Å². The molecule has 0 aliphatic heterocycles. The number of allylic oxidation sites excluding steroid dienone is 1. The lowest BCUT2D eigenvalue weighted by Crippen LogP contribution is -2.27. The summed E-state index contributed by atoms with van der Waals surface area (Å²) in [6, 6.07) is 0.464.